The van der Waals surface area contributed by atoms with Crippen molar-refractivity contribution in [2.75, 3.05) is 13.2 Å². The van der Waals surface area contributed by atoms with Crippen molar-refractivity contribution in [2.24, 2.45) is 5.41 Å². The van der Waals surface area contributed by atoms with E-state index in [1.807, 2.05) is 13.8 Å². The second-order valence-electron chi connectivity index (χ2n) is 9.16. The Balaban J connectivity index is 6.21. The quantitative estimate of drug-likeness (QED) is 0.0907. The predicted molar refractivity (Wildman–Crippen MR) is 132 cm³/mol. The lowest BCUT2D eigenvalue weighted by Crippen LogP contribution is -2.51. The molecule has 0 bridgehead atoms. The molecule has 0 rings (SSSR count). The average Bonchev–Trinajstić information content (AvgIpc) is 2.89. The van der Waals surface area contributed by atoms with E-state index >= 15 is 0 Å². The second kappa shape index (κ2) is 19.5. The van der Waals surface area contributed by atoms with Gasteiger partial charge in [-0.25, -0.2) is 14.4 Å². The number of carbonyl (C=O) groups is 6. The largest absolute Gasteiger partial charge is 0.393 e. The maximum absolute atomic E-state index is 13.4. The van der Waals surface area contributed by atoms with Crippen molar-refractivity contribution in [3.63, 3.8) is 0 Å². The van der Waals surface area contributed by atoms with Gasteiger partial charge in [-0.3, -0.25) is 14.4 Å². The highest BCUT2D eigenvalue weighted by atomic mass is 16.6. The fourth-order valence-corrected chi connectivity index (χ4v) is 3.69. The molecule has 0 aliphatic heterocycles. The molecule has 38 heavy (non-hydrogen) atoms. The highest BCUT2D eigenvalue weighted by Crippen LogP contribution is 2.33. The summed E-state index contributed by atoms with van der Waals surface area (Å²) < 4.78 is 8.99. The van der Waals surface area contributed by atoms with E-state index in [2.05, 4.69) is 9.47 Å². The van der Waals surface area contributed by atoms with E-state index in [-0.39, 0.29) is 25.7 Å². The van der Waals surface area contributed by atoms with Crippen LogP contribution in [0.4, 0.5) is 0 Å². The normalized spacial score (nSPS) is 12.9. The SMILES string of the molecule is CCCCCCCC(=O)C(CC(=O)OC(=O)C(O)CO)(C(=O)CCCCCCC)C(=O)OC(=O)C(O)CO. The Morgan fingerprint density at radius 2 is 1.03 bits per heavy atom. The number of hydrogen-bond acceptors (Lipinski definition) is 12. The van der Waals surface area contributed by atoms with Crippen molar-refractivity contribution < 1.29 is 58.7 Å². The van der Waals surface area contributed by atoms with Crippen LogP contribution in [-0.4, -0.2) is 81.3 Å². The van der Waals surface area contributed by atoms with E-state index in [0.717, 1.165) is 38.5 Å². The summed E-state index contributed by atoms with van der Waals surface area (Å²) in [4.78, 5) is 76.4. The number of carbonyl (C=O) groups excluding carboxylic acids is 6. The first-order valence-corrected chi connectivity index (χ1v) is 13.2. The molecule has 0 spiro atoms. The van der Waals surface area contributed by atoms with Gasteiger partial charge in [0.25, 0.3) is 0 Å². The molecule has 0 aliphatic carbocycles. The molecule has 12 nitrogen and oxygen atoms in total. The standard InChI is InChI=1S/C26H42O12/c1-3-5-7-9-11-13-20(31)26(21(32)14-12-10-8-6-4-2,25(36)38-24(35)19(30)17-28)15-22(33)37-23(34)18(29)16-27/h18-19,27-30H,3-17H2,1-2H3. The fraction of sp³-hybridized carbons (Fsp3) is 0.769. The van der Waals surface area contributed by atoms with Gasteiger partial charge in [0.1, 0.15) is 0 Å². The van der Waals surface area contributed by atoms with Crippen LogP contribution in [0.3, 0.4) is 0 Å². The summed E-state index contributed by atoms with van der Waals surface area (Å²) in [7, 11) is 0. The number of ketones is 2. The van der Waals surface area contributed by atoms with Gasteiger partial charge in [-0.05, 0) is 12.8 Å². The van der Waals surface area contributed by atoms with Crippen LogP contribution < -0.4 is 0 Å². The Kier molecular flexibility index (Phi) is 18.2. The lowest BCUT2D eigenvalue weighted by atomic mass is 9.73. The van der Waals surface area contributed by atoms with Gasteiger partial charge in [-0.2, -0.15) is 0 Å². The number of unbranched alkanes of at least 4 members (excludes halogenated alkanes) is 8. The van der Waals surface area contributed by atoms with Crippen molar-refractivity contribution >= 4 is 35.4 Å². The van der Waals surface area contributed by atoms with Crippen LogP contribution in [0.5, 0.6) is 0 Å². The zero-order valence-electron chi connectivity index (χ0n) is 22.3. The summed E-state index contributed by atoms with van der Waals surface area (Å²) in [5.74, 6) is -8.49. The maximum Gasteiger partial charge on any atom is 0.345 e. The van der Waals surface area contributed by atoms with E-state index in [4.69, 9.17) is 10.2 Å². The molecule has 0 saturated carbocycles. The number of ether oxygens (including phenoxy) is 2. The van der Waals surface area contributed by atoms with Crippen LogP contribution in [0.25, 0.3) is 0 Å². The molecule has 0 aromatic heterocycles. The number of Topliss-reactive ketones (excluding diaryl/α,β-unsaturated/α-hetero) is 2. The van der Waals surface area contributed by atoms with Gasteiger partial charge in [-0.15, -0.1) is 0 Å². The number of aliphatic hydroxyl groups is 4. The average molecular weight is 547 g/mol. The van der Waals surface area contributed by atoms with Gasteiger partial charge in [0.05, 0.1) is 19.6 Å². The second-order valence-corrected chi connectivity index (χ2v) is 9.16. The Morgan fingerprint density at radius 1 is 0.632 bits per heavy atom. The van der Waals surface area contributed by atoms with E-state index in [1.165, 1.54) is 0 Å². The van der Waals surface area contributed by atoms with Crippen LogP contribution in [0.1, 0.15) is 97.3 Å². The molecule has 0 saturated heterocycles. The van der Waals surface area contributed by atoms with Crippen LogP contribution in [0.15, 0.2) is 0 Å². The molecule has 0 amide bonds. The number of rotatable bonds is 21. The van der Waals surface area contributed by atoms with Crippen LogP contribution in [0, 0.1) is 5.41 Å². The first kappa shape index (κ1) is 35.5. The maximum atomic E-state index is 13.4. The molecular weight excluding hydrogens is 504 g/mol. The lowest BCUT2D eigenvalue weighted by Gasteiger charge is -2.28. The van der Waals surface area contributed by atoms with Crippen LogP contribution >= 0.6 is 0 Å². The van der Waals surface area contributed by atoms with Crippen molar-refractivity contribution in [1.82, 2.24) is 0 Å². The molecule has 0 radical (unpaired) electrons. The van der Waals surface area contributed by atoms with Crippen molar-refractivity contribution in [2.45, 2.75) is 110 Å². The van der Waals surface area contributed by atoms with Crippen molar-refractivity contribution in [3.8, 4) is 0 Å². The highest BCUT2D eigenvalue weighted by Gasteiger charge is 2.55. The molecule has 0 aromatic rings. The van der Waals surface area contributed by atoms with E-state index in [1.54, 1.807) is 0 Å². The minimum absolute atomic E-state index is 0.266. The topological polar surface area (TPSA) is 202 Å². The Morgan fingerprint density at radius 3 is 1.42 bits per heavy atom. The van der Waals surface area contributed by atoms with E-state index < -0.39 is 72.7 Å². The summed E-state index contributed by atoms with van der Waals surface area (Å²) in [6.45, 7) is 1.80. The summed E-state index contributed by atoms with van der Waals surface area (Å²) in [6.07, 6.45) is 0.758. The third-order valence-electron chi connectivity index (χ3n) is 6.02. The molecule has 2 atom stereocenters. The van der Waals surface area contributed by atoms with Crippen molar-refractivity contribution in [3.05, 3.63) is 0 Å². The van der Waals surface area contributed by atoms with Gasteiger partial charge < -0.3 is 29.9 Å². The minimum atomic E-state index is -2.85. The minimum Gasteiger partial charge on any atom is -0.393 e. The number of hydrogen-bond donors (Lipinski definition) is 4. The Bertz CT molecular complexity index is 765. The predicted octanol–water partition coefficient (Wildman–Crippen LogP) is 1.07. The molecule has 0 heterocycles. The monoisotopic (exact) mass is 546 g/mol. The smallest absolute Gasteiger partial charge is 0.345 e. The lowest BCUT2D eigenvalue weighted by molar-refractivity contribution is -0.182. The number of esters is 4. The van der Waals surface area contributed by atoms with Gasteiger partial charge in [-0.1, -0.05) is 65.2 Å². The van der Waals surface area contributed by atoms with Crippen molar-refractivity contribution in [1.29, 1.82) is 0 Å². The molecule has 4 N–H and O–H groups in total. The van der Waals surface area contributed by atoms with Gasteiger partial charge in [0, 0.05) is 12.8 Å². The Hall–Kier alpha value is -2.54. The molecular formula is C26H42O12. The molecule has 218 valence electrons. The zero-order valence-corrected chi connectivity index (χ0v) is 22.3. The zero-order chi connectivity index (χ0) is 29.1. The highest BCUT2D eigenvalue weighted by molar-refractivity contribution is 6.25. The fourth-order valence-electron chi connectivity index (χ4n) is 3.69. The Labute approximate surface area is 222 Å². The molecule has 2 unspecified atom stereocenters. The molecule has 0 fully saturated rings. The summed E-state index contributed by atoms with van der Waals surface area (Å²) >= 11 is 0. The number of aliphatic hydroxyl groups excluding tert-OH is 4. The van der Waals surface area contributed by atoms with E-state index in [9.17, 15) is 39.0 Å². The summed E-state index contributed by atoms with van der Waals surface area (Å²) in [5.41, 5.74) is -2.85. The first-order chi connectivity index (χ1) is 18.0. The molecule has 12 heteroatoms. The first-order valence-electron chi connectivity index (χ1n) is 13.2. The third-order valence-corrected chi connectivity index (χ3v) is 6.02. The molecule has 0 aromatic carbocycles. The summed E-state index contributed by atoms with van der Waals surface area (Å²) in [5, 5.41) is 36.8. The van der Waals surface area contributed by atoms with Gasteiger partial charge >= 0.3 is 23.9 Å². The summed E-state index contributed by atoms with van der Waals surface area (Å²) in [6, 6.07) is 0. The van der Waals surface area contributed by atoms with E-state index in [0.29, 0.717) is 12.8 Å². The van der Waals surface area contributed by atoms with Gasteiger partial charge in [0.15, 0.2) is 29.2 Å². The third kappa shape index (κ3) is 11.9. The molecule has 0 aliphatic rings. The van der Waals surface area contributed by atoms with Crippen LogP contribution in [0.2, 0.25) is 0 Å². The van der Waals surface area contributed by atoms with Crippen LogP contribution in [-0.2, 0) is 38.2 Å². The van der Waals surface area contributed by atoms with Gasteiger partial charge in [0.2, 0.25) is 0 Å².